The van der Waals surface area contributed by atoms with E-state index < -0.39 is 0 Å². The molecule has 1 rings (SSSR count). The average Bonchev–Trinajstić information content (AvgIpc) is 2.09. The van der Waals surface area contributed by atoms with Crippen LogP contribution in [0.5, 0.6) is 5.75 Å². The van der Waals surface area contributed by atoms with Crippen LogP contribution in [0, 0.1) is 6.92 Å². The molecule has 0 spiro atoms. The van der Waals surface area contributed by atoms with Crippen molar-refractivity contribution in [2.45, 2.75) is 13.3 Å². The SMILES string of the molecule is Cc1cc(Br)ccc1OCCC=O. The van der Waals surface area contributed by atoms with E-state index in [0.717, 1.165) is 22.1 Å². The summed E-state index contributed by atoms with van der Waals surface area (Å²) in [5.74, 6) is 0.838. The Morgan fingerprint density at radius 1 is 1.54 bits per heavy atom. The summed E-state index contributed by atoms with van der Waals surface area (Å²) < 4.78 is 6.42. The van der Waals surface area contributed by atoms with Gasteiger partial charge in [-0.15, -0.1) is 0 Å². The van der Waals surface area contributed by atoms with Crippen LogP contribution in [0.1, 0.15) is 12.0 Å². The number of aldehydes is 1. The molecule has 0 saturated carbocycles. The Morgan fingerprint density at radius 2 is 2.31 bits per heavy atom. The number of aryl methyl sites for hydroxylation is 1. The number of ether oxygens (including phenoxy) is 1. The van der Waals surface area contributed by atoms with Crippen molar-refractivity contribution >= 4 is 22.2 Å². The highest BCUT2D eigenvalue weighted by Crippen LogP contribution is 2.21. The predicted octanol–water partition coefficient (Wildman–Crippen LogP) is 2.73. The first-order valence-electron chi connectivity index (χ1n) is 4.06. The van der Waals surface area contributed by atoms with E-state index in [0.29, 0.717) is 13.0 Å². The summed E-state index contributed by atoms with van der Waals surface area (Å²) in [5.41, 5.74) is 1.07. The highest BCUT2D eigenvalue weighted by molar-refractivity contribution is 9.10. The molecule has 0 unspecified atom stereocenters. The van der Waals surface area contributed by atoms with Crippen molar-refractivity contribution in [1.82, 2.24) is 0 Å². The van der Waals surface area contributed by atoms with Gasteiger partial charge in [0.25, 0.3) is 0 Å². The number of carbonyl (C=O) groups excluding carboxylic acids is 1. The van der Waals surface area contributed by atoms with Gasteiger partial charge in [0.05, 0.1) is 6.61 Å². The third-order valence-electron chi connectivity index (χ3n) is 1.63. The Bertz CT molecular complexity index is 297. The number of rotatable bonds is 4. The van der Waals surface area contributed by atoms with Crippen molar-refractivity contribution < 1.29 is 9.53 Å². The Kier molecular flexibility index (Phi) is 3.96. The molecule has 0 bridgehead atoms. The van der Waals surface area contributed by atoms with E-state index in [1.165, 1.54) is 0 Å². The topological polar surface area (TPSA) is 26.3 Å². The molecule has 0 N–H and O–H groups in total. The lowest BCUT2D eigenvalue weighted by molar-refractivity contribution is -0.108. The molecule has 0 fully saturated rings. The molecule has 3 heteroatoms. The molecule has 70 valence electrons. The second-order valence-corrected chi connectivity index (χ2v) is 3.63. The van der Waals surface area contributed by atoms with Gasteiger partial charge in [0, 0.05) is 10.9 Å². The number of hydrogen-bond acceptors (Lipinski definition) is 2. The zero-order valence-corrected chi connectivity index (χ0v) is 9.00. The molecule has 13 heavy (non-hydrogen) atoms. The quantitative estimate of drug-likeness (QED) is 0.600. The lowest BCUT2D eigenvalue weighted by Crippen LogP contribution is -1.98. The van der Waals surface area contributed by atoms with Gasteiger partial charge in [-0.3, -0.25) is 0 Å². The zero-order chi connectivity index (χ0) is 9.68. The van der Waals surface area contributed by atoms with Crippen LogP contribution in [0.4, 0.5) is 0 Å². The van der Waals surface area contributed by atoms with Gasteiger partial charge in [-0.05, 0) is 30.7 Å². The summed E-state index contributed by atoms with van der Waals surface area (Å²) >= 11 is 3.37. The van der Waals surface area contributed by atoms with E-state index in [-0.39, 0.29) is 0 Å². The molecule has 0 aliphatic carbocycles. The van der Waals surface area contributed by atoms with E-state index in [2.05, 4.69) is 15.9 Å². The molecule has 0 aliphatic rings. The third-order valence-corrected chi connectivity index (χ3v) is 2.12. The molecule has 0 radical (unpaired) electrons. The van der Waals surface area contributed by atoms with Gasteiger partial charge in [-0.2, -0.15) is 0 Å². The minimum absolute atomic E-state index is 0.440. The first-order valence-corrected chi connectivity index (χ1v) is 4.86. The zero-order valence-electron chi connectivity index (χ0n) is 7.42. The first-order chi connectivity index (χ1) is 6.24. The number of benzene rings is 1. The maximum Gasteiger partial charge on any atom is 0.123 e. The van der Waals surface area contributed by atoms with Gasteiger partial charge < -0.3 is 9.53 Å². The monoisotopic (exact) mass is 242 g/mol. The van der Waals surface area contributed by atoms with E-state index in [1.807, 2.05) is 25.1 Å². The first kappa shape index (κ1) is 10.3. The maximum absolute atomic E-state index is 10.0. The van der Waals surface area contributed by atoms with Gasteiger partial charge in [0.1, 0.15) is 12.0 Å². The lowest BCUT2D eigenvalue weighted by Gasteiger charge is -2.07. The molecule has 0 aromatic heterocycles. The number of carbonyl (C=O) groups is 1. The van der Waals surface area contributed by atoms with Crippen LogP contribution in [0.25, 0.3) is 0 Å². The fourth-order valence-corrected chi connectivity index (χ4v) is 1.47. The lowest BCUT2D eigenvalue weighted by atomic mass is 10.2. The minimum Gasteiger partial charge on any atom is -0.493 e. The maximum atomic E-state index is 10.0. The van der Waals surface area contributed by atoms with Crippen molar-refractivity contribution in [3.8, 4) is 5.75 Å². The Labute approximate surface area is 86.0 Å². The van der Waals surface area contributed by atoms with Crippen molar-refractivity contribution in [3.63, 3.8) is 0 Å². The smallest absolute Gasteiger partial charge is 0.123 e. The number of halogens is 1. The van der Waals surface area contributed by atoms with Crippen LogP contribution < -0.4 is 4.74 Å². The van der Waals surface area contributed by atoms with Gasteiger partial charge in [0.15, 0.2) is 0 Å². The second-order valence-electron chi connectivity index (χ2n) is 2.71. The molecule has 0 amide bonds. The summed E-state index contributed by atoms with van der Waals surface area (Å²) in [7, 11) is 0. The second kappa shape index (κ2) is 5.02. The highest BCUT2D eigenvalue weighted by Gasteiger charge is 1.98. The van der Waals surface area contributed by atoms with Crippen LogP contribution in [-0.4, -0.2) is 12.9 Å². The van der Waals surface area contributed by atoms with Crippen LogP contribution in [0.15, 0.2) is 22.7 Å². The summed E-state index contributed by atoms with van der Waals surface area (Å²) in [4.78, 5) is 10.0. The largest absolute Gasteiger partial charge is 0.493 e. The average molecular weight is 243 g/mol. The van der Waals surface area contributed by atoms with Crippen LogP contribution in [0.2, 0.25) is 0 Å². The standard InChI is InChI=1S/C10H11BrO2/c1-8-7-9(11)3-4-10(8)13-6-2-5-12/h3-5,7H,2,6H2,1H3. The summed E-state index contributed by atoms with van der Waals surface area (Å²) in [6, 6.07) is 5.80. The summed E-state index contributed by atoms with van der Waals surface area (Å²) in [6.07, 6.45) is 1.30. The van der Waals surface area contributed by atoms with E-state index in [9.17, 15) is 4.79 Å². The molecule has 0 heterocycles. The molecule has 0 atom stereocenters. The van der Waals surface area contributed by atoms with Crippen molar-refractivity contribution in [2.24, 2.45) is 0 Å². The molecular weight excluding hydrogens is 232 g/mol. The van der Waals surface area contributed by atoms with E-state index >= 15 is 0 Å². The molecular formula is C10H11BrO2. The van der Waals surface area contributed by atoms with Gasteiger partial charge >= 0.3 is 0 Å². The van der Waals surface area contributed by atoms with Gasteiger partial charge in [0.2, 0.25) is 0 Å². The Morgan fingerprint density at radius 3 is 2.92 bits per heavy atom. The Balaban J connectivity index is 2.61. The fourth-order valence-electron chi connectivity index (χ4n) is 0.992. The number of hydrogen-bond donors (Lipinski definition) is 0. The van der Waals surface area contributed by atoms with Crippen molar-refractivity contribution in [1.29, 1.82) is 0 Å². The fraction of sp³-hybridized carbons (Fsp3) is 0.300. The van der Waals surface area contributed by atoms with Gasteiger partial charge in [-0.25, -0.2) is 0 Å². The Hall–Kier alpha value is -0.830. The highest BCUT2D eigenvalue weighted by atomic mass is 79.9. The predicted molar refractivity (Wildman–Crippen MR) is 55.1 cm³/mol. The molecule has 1 aromatic carbocycles. The van der Waals surface area contributed by atoms with Crippen LogP contribution in [0.3, 0.4) is 0 Å². The molecule has 0 saturated heterocycles. The van der Waals surface area contributed by atoms with Crippen molar-refractivity contribution in [2.75, 3.05) is 6.61 Å². The van der Waals surface area contributed by atoms with Crippen LogP contribution in [-0.2, 0) is 4.79 Å². The van der Waals surface area contributed by atoms with Crippen LogP contribution >= 0.6 is 15.9 Å². The third kappa shape index (κ3) is 3.19. The molecule has 1 aromatic rings. The summed E-state index contributed by atoms with van der Waals surface area (Å²) in [6.45, 7) is 2.42. The molecule has 0 aliphatic heterocycles. The van der Waals surface area contributed by atoms with Gasteiger partial charge in [-0.1, -0.05) is 15.9 Å². The van der Waals surface area contributed by atoms with E-state index in [4.69, 9.17) is 4.74 Å². The normalized spacial score (nSPS) is 9.69. The minimum atomic E-state index is 0.440. The van der Waals surface area contributed by atoms with Crippen molar-refractivity contribution in [3.05, 3.63) is 28.2 Å². The summed E-state index contributed by atoms with van der Waals surface area (Å²) in [5, 5.41) is 0. The van der Waals surface area contributed by atoms with E-state index in [1.54, 1.807) is 0 Å². The molecule has 2 nitrogen and oxygen atoms in total.